The number of hydrogen-bond donors (Lipinski definition) is 0. The monoisotopic (exact) mass is 200 g/mol. The van der Waals surface area contributed by atoms with Crippen LogP contribution in [0.1, 0.15) is 24.5 Å². The highest BCUT2D eigenvalue weighted by molar-refractivity contribution is 5.78. The van der Waals surface area contributed by atoms with Crippen LogP contribution in [-0.2, 0) is 16.0 Å². The highest BCUT2D eigenvalue weighted by atomic mass is 16.1. The van der Waals surface area contributed by atoms with E-state index in [1.165, 1.54) is 0 Å². The molecule has 0 amide bonds. The van der Waals surface area contributed by atoms with Gasteiger partial charge in [-0.05, 0) is 24.6 Å². The minimum absolute atomic E-state index is 0.148. The lowest BCUT2D eigenvalue weighted by atomic mass is 10.1. The Morgan fingerprint density at radius 2 is 2.00 bits per heavy atom. The minimum Gasteiger partial charge on any atom is -0.302 e. The van der Waals surface area contributed by atoms with Crippen molar-refractivity contribution < 1.29 is 9.59 Å². The lowest BCUT2D eigenvalue weighted by molar-refractivity contribution is -0.116. The average molecular weight is 200 g/mol. The molecule has 0 aromatic heterocycles. The van der Waals surface area contributed by atoms with Crippen LogP contribution in [0.15, 0.2) is 24.3 Å². The lowest BCUT2D eigenvalue weighted by Crippen LogP contribution is -1.95. The average Bonchev–Trinajstić information content (AvgIpc) is 2.20. The van der Waals surface area contributed by atoms with Crippen molar-refractivity contribution in [3.63, 3.8) is 0 Å². The molecule has 1 aromatic rings. The van der Waals surface area contributed by atoms with Crippen LogP contribution in [0.2, 0.25) is 0 Å². The fraction of sp³-hybridized carbons (Fsp3) is 0.231. The van der Waals surface area contributed by atoms with Crippen LogP contribution in [0, 0.1) is 11.8 Å². The number of rotatable bonds is 3. The molecule has 1 aromatic carbocycles. The molecule has 0 aliphatic rings. The predicted molar refractivity (Wildman–Crippen MR) is 58.4 cm³/mol. The standard InChI is InChI=1S/C13H12O2/c1-11(15)10-13-7-5-12(6-8-13)4-2-3-9-14/h5-9H,3,10H2,1H3. The van der Waals surface area contributed by atoms with Crippen molar-refractivity contribution >= 4 is 12.1 Å². The molecule has 0 saturated carbocycles. The molecule has 76 valence electrons. The molecule has 0 fully saturated rings. The van der Waals surface area contributed by atoms with E-state index in [2.05, 4.69) is 11.8 Å². The maximum atomic E-state index is 10.8. The van der Waals surface area contributed by atoms with Crippen molar-refractivity contribution in [3.8, 4) is 11.8 Å². The Balaban J connectivity index is 2.69. The summed E-state index contributed by atoms with van der Waals surface area (Å²) in [5, 5.41) is 0. The smallest absolute Gasteiger partial charge is 0.134 e. The summed E-state index contributed by atoms with van der Waals surface area (Å²) in [6, 6.07) is 7.48. The van der Waals surface area contributed by atoms with Gasteiger partial charge >= 0.3 is 0 Å². The van der Waals surface area contributed by atoms with Gasteiger partial charge in [0, 0.05) is 12.0 Å². The Morgan fingerprint density at radius 3 is 2.53 bits per heavy atom. The van der Waals surface area contributed by atoms with E-state index >= 15 is 0 Å². The highest BCUT2D eigenvalue weighted by Crippen LogP contribution is 2.04. The minimum atomic E-state index is 0.148. The largest absolute Gasteiger partial charge is 0.302 e. The molecule has 0 spiro atoms. The van der Waals surface area contributed by atoms with E-state index < -0.39 is 0 Å². The zero-order valence-corrected chi connectivity index (χ0v) is 8.62. The Hall–Kier alpha value is -1.88. The summed E-state index contributed by atoms with van der Waals surface area (Å²) in [4.78, 5) is 20.9. The molecule has 0 saturated heterocycles. The summed E-state index contributed by atoms with van der Waals surface area (Å²) in [6.07, 6.45) is 1.49. The van der Waals surface area contributed by atoms with Gasteiger partial charge in [0.15, 0.2) is 0 Å². The molecular formula is C13H12O2. The third-order valence-electron chi connectivity index (χ3n) is 1.83. The number of carbonyl (C=O) groups excluding carboxylic acids is 2. The number of carbonyl (C=O) groups is 2. The Kier molecular flexibility index (Phi) is 4.30. The maximum absolute atomic E-state index is 10.8. The first-order valence-electron chi connectivity index (χ1n) is 4.73. The molecule has 0 atom stereocenters. The molecule has 15 heavy (non-hydrogen) atoms. The second-order valence-corrected chi connectivity index (χ2v) is 3.25. The van der Waals surface area contributed by atoms with Crippen molar-refractivity contribution in [2.24, 2.45) is 0 Å². The van der Waals surface area contributed by atoms with Crippen molar-refractivity contribution in [2.45, 2.75) is 19.8 Å². The van der Waals surface area contributed by atoms with Crippen LogP contribution < -0.4 is 0 Å². The van der Waals surface area contributed by atoms with Gasteiger partial charge in [0.05, 0.1) is 6.42 Å². The van der Waals surface area contributed by atoms with Gasteiger partial charge in [0.25, 0.3) is 0 Å². The van der Waals surface area contributed by atoms with Crippen LogP contribution in [0.3, 0.4) is 0 Å². The molecule has 0 unspecified atom stereocenters. The summed E-state index contributed by atoms with van der Waals surface area (Å²) in [6.45, 7) is 1.57. The summed E-state index contributed by atoms with van der Waals surface area (Å²) < 4.78 is 0. The first kappa shape index (κ1) is 11.2. The van der Waals surface area contributed by atoms with Crippen LogP contribution in [0.5, 0.6) is 0 Å². The molecule has 0 N–H and O–H groups in total. The quantitative estimate of drug-likeness (QED) is 0.550. The van der Waals surface area contributed by atoms with E-state index in [1.54, 1.807) is 6.92 Å². The Morgan fingerprint density at radius 1 is 1.33 bits per heavy atom. The number of Topliss-reactive ketones (excluding diaryl/α,β-unsaturated/α-hetero) is 1. The SMILES string of the molecule is CC(=O)Cc1ccc(C#CCC=O)cc1. The second-order valence-electron chi connectivity index (χ2n) is 3.25. The molecule has 1 rings (SSSR count). The fourth-order valence-corrected chi connectivity index (χ4v) is 1.19. The van der Waals surface area contributed by atoms with E-state index in [0.717, 1.165) is 17.4 Å². The number of aldehydes is 1. The molecule has 2 nitrogen and oxygen atoms in total. The van der Waals surface area contributed by atoms with E-state index in [9.17, 15) is 9.59 Å². The van der Waals surface area contributed by atoms with Gasteiger partial charge in [-0.25, -0.2) is 0 Å². The van der Waals surface area contributed by atoms with Crippen molar-refractivity contribution in [3.05, 3.63) is 35.4 Å². The third kappa shape index (κ3) is 4.24. The van der Waals surface area contributed by atoms with Crippen LogP contribution in [-0.4, -0.2) is 12.1 Å². The summed E-state index contributed by atoms with van der Waals surface area (Å²) in [7, 11) is 0. The lowest BCUT2D eigenvalue weighted by Gasteiger charge is -1.96. The topological polar surface area (TPSA) is 34.1 Å². The van der Waals surface area contributed by atoms with Gasteiger partial charge < -0.3 is 4.79 Å². The van der Waals surface area contributed by atoms with Gasteiger partial charge in [-0.3, -0.25) is 4.79 Å². The highest BCUT2D eigenvalue weighted by Gasteiger charge is 1.96. The molecule has 0 aliphatic heterocycles. The zero-order chi connectivity index (χ0) is 11.1. The van der Waals surface area contributed by atoms with Crippen LogP contribution in [0.4, 0.5) is 0 Å². The summed E-state index contributed by atoms with van der Waals surface area (Å²) in [5.41, 5.74) is 1.85. The molecule has 0 heterocycles. The summed E-state index contributed by atoms with van der Waals surface area (Å²) in [5.74, 6) is 5.73. The van der Waals surface area contributed by atoms with E-state index in [1.807, 2.05) is 24.3 Å². The molecule has 0 bridgehead atoms. The molecule has 0 radical (unpaired) electrons. The third-order valence-corrected chi connectivity index (χ3v) is 1.83. The van der Waals surface area contributed by atoms with Gasteiger partial charge in [-0.15, -0.1) is 0 Å². The van der Waals surface area contributed by atoms with Crippen LogP contribution >= 0.6 is 0 Å². The van der Waals surface area contributed by atoms with E-state index in [-0.39, 0.29) is 12.2 Å². The molecule has 0 aliphatic carbocycles. The first-order valence-corrected chi connectivity index (χ1v) is 4.73. The first-order chi connectivity index (χ1) is 7.22. The van der Waals surface area contributed by atoms with Gasteiger partial charge in [-0.1, -0.05) is 24.0 Å². The maximum Gasteiger partial charge on any atom is 0.134 e. The zero-order valence-electron chi connectivity index (χ0n) is 8.62. The number of benzene rings is 1. The van der Waals surface area contributed by atoms with Crippen molar-refractivity contribution in [1.29, 1.82) is 0 Å². The number of hydrogen-bond acceptors (Lipinski definition) is 2. The van der Waals surface area contributed by atoms with Gasteiger partial charge in [0.1, 0.15) is 12.1 Å². The Bertz CT molecular complexity index is 404. The van der Waals surface area contributed by atoms with E-state index in [0.29, 0.717) is 6.42 Å². The summed E-state index contributed by atoms with van der Waals surface area (Å²) >= 11 is 0. The molecule has 2 heteroatoms. The molecular weight excluding hydrogens is 188 g/mol. The second kappa shape index (κ2) is 5.77. The Labute approximate surface area is 89.3 Å². The van der Waals surface area contributed by atoms with Gasteiger partial charge in [-0.2, -0.15) is 0 Å². The normalized spacial score (nSPS) is 8.87. The van der Waals surface area contributed by atoms with Gasteiger partial charge in [0.2, 0.25) is 0 Å². The van der Waals surface area contributed by atoms with Crippen molar-refractivity contribution in [1.82, 2.24) is 0 Å². The number of ketones is 1. The fourth-order valence-electron chi connectivity index (χ4n) is 1.19. The van der Waals surface area contributed by atoms with Crippen LogP contribution in [0.25, 0.3) is 0 Å². The van der Waals surface area contributed by atoms with Crippen molar-refractivity contribution in [2.75, 3.05) is 0 Å². The van der Waals surface area contributed by atoms with E-state index in [4.69, 9.17) is 0 Å². The predicted octanol–water partition coefficient (Wildman–Crippen LogP) is 1.76.